The monoisotopic (exact) mass is 245 g/mol. The molecule has 1 heteroatoms. The SMILES string of the molecule is CNC(CC(C)(C)C)c1ccccc1C1CCC1. The summed E-state index contributed by atoms with van der Waals surface area (Å²) in [4.78, 5) is 0. The maximum atomic E-state index is 3.52. The molecule has 100 valence electrons. The van der Waals surface area contributed by atoms with Crippen molar-refractivity contribution in [3.63, 3.8) is 0 Å². The van der Waals surface area contributed by atoms with E-state index in [2.05, 4.69) is 57.4 Å². The predicted octanol–water partition coefficient (Wildman–Crippen LogP) is 4.65. The van der Waals surface area contributed by atoms with Crippen molar-refractivity contribution in [3.8, 4) is 0 Å². The Morgan fingerprint density at radius 2 is 1.89 bits per heavy atom. The van der Waals surface area contributed by atoms with Gasteiger partial charge in [0, 0.05) is 6.04 Å². The maximum absolute atomic E-state index is 3.52. The molecular weight excluding hydrogens is 218 g/mol. The highest BCUT2D eigenvalue weighted by Crippen LogP contribution is 2.41. The van der Waals surface area contributed by atoms with Crippen LogP contribution in [0.1, 0.15) is 69.5 Å². The second-order valence-corrected chi connectivity index (χ2v) is 6.86. The van der Waals surface area contributed by atoms with E-state index in [4.69, 9.17) is 0 Å². The van der Waals surface area contributed by atoms with Crippen molar-refractivity contribution >= 4 is 0 Å². The molecule has 1 N–H and O–H groups in total. The van der Waals surface area contributed by atoms with Crippen molar-refractivity contribution in [2.45, 2.75) is 58.4 Å². The van der Waals surface area contributed by atoms with Crippen LogP contribution in [0.25, 0.3) is 0 Å². The molecule has 18 heavy (non-hydrogen) atoms. The fourth-order valence-corrected chi connectivity index (χ4v) is 2.90. The molecule has 0 aromatic heterocycles. The zero-order chi connectivity index (χ0) is 13.2. The van der Waals surface area contributed by atoms with E-state index >= 15 is 0 Å². The van der Waals surface area contributed by atoms with E-state index in [-0.39, 0.29) is 0 Å². The quantitative estimate of drug-likeness (QED) is 0.814. The molecular formula is C17H27N. The van der Waals surface area contributed by atoms with E-state index in [9.17, 15) is 0 Å². The molecule has 1 aromatic rings. The van der Waals surface area contributed by atoms with Crippen molar-refractivity contribution in [1.82, 2.24) is 5.32 Å². The van der Waals surface area contributed by atoms with Gasteiger partial charge in [-0.15, -0.1) is 0 Å². The molecule has 1 aliphatic rings. The Hall–Kier alpha value is -0.820. The van der Waals surface area contributed by atoms with E-state index < -0.39 is 0 Å². The van der Waals surface area contributed by atoms with Gasteiger partial charge in [-0.05, 0) is 48.8 Å². The molecule has 1 atom stereocenters. The number of rotatable bonds is 4. The summed E-state index contributed by atoms with van der Waals surface area (Å²) in [6, 6.07) is 9.53. The molecule has 1 nitrogen and oxygen atoms in total. The highest BCUT2D eigenvalue weighted by molar-refractivity contribution is 5.34. The van der Waals surface area contributed by atoms with Crippen LogP contribution in [0.5, 0.6) is 0 Å². The summed E-state index contributed by atoms with van der Waals surface area (Å²) in [5.74, 6) is 0.817. The van der Waals surface area contributed by atoms with Crippen LogP contribution >= 0.6 is 0 Å². The summed E-state index contributed by atoms with van der Waals surface area (Å²) in [6.45, 7) is 6.97. The van der Waals surface area contributed by atoms with Crippen LogP contribution in [-0.2, 0) is 0 Å². The van der Waals surface area contributed by atoms with Crippen LogP contribution in [0.2, 0.25) is 0 Å². The minimum absolute atomic E-state index is 0.362. The Kier molecular flexibility index (Phi) is 4.11. The number of nitrogens with one attached hydrogen (secondary N) is 1. The summed E-state index contributed by atoms with van der Waals surface area (Å²) < 4.78 is 0. The number of benzene rings is 1. The molecule has 1 aromatic carbocycles. The first-order chi connectivity index (χ1) is 8.51. The minimum Gasteiger partial charge on any atom is -0.313 e. The Morgan fingerprint density at radius 1 is 1.22 bits per heavy atom. The van der Waals surface area contributed by atoms with Crippen molar-refractivity contribution in [1.29, 1.82) is 0 Å². The van der Waals surface area contributed by atoms with Crippen molar-refractivity contribution < 1.29 is 0 Å². The van der Waals surface area contributed by atoms with Gasteiger partial charge >= 0.3 is 0 Å². The Balaban J connectivity index is 2.24. The lowest BCUT2D eigenvalue weighted by molar-refractivity contribution is 0.316. The summed E-state index contributed by atoms with van der Waals surface area (Å²) in [5.41, 5.74) is 3.48. The zero-order valence-electron chi connectivity index (χ0n) is 12.3. The molecule has 0 spiro atoms. The lowest BCUT2D eigenvalue weighted by atomic mass is 9.75. The lowest BCUT2D eigenvalue weighted by Crippen LogP contribution is -2.25. The van der Waals surface area contributed by atoms with Crippen molar-refractivity contribution in [2.24, 2.45) is 5.41 Å². The number of hydrogen-bond donors (Lipinski definition) is 1. The average molecular weight is 245 g/mol. The van der Waals surface area contributed by atoms with Crippen LogP contribution in [-0.4, -0.2) is 7.05 Å². The molecule has 1 saturated carbocycles. The molecule has 0 bridgehead atoms. The number of hydrogen-bond acceptors (Lipinski definition) is 1. The van der Waals surface area contributed by atoms with Gasteiger partial charge in [-0.1, -0.05) is 51.5 Å². The Labute approximate surface area is 112 Å². The molecule has 1 fully saturated rings. The summed E-state index contributed by atoms with van der Waals surface area (Å²) >= 11 is 0. The molecule has 0 aliphatic heterocycles. The van der Waals surface area contributed by atoms with Gasteiger partial charge in [0.1, 0.15) is 0 Å². The van der Waals surface area contributed by atoms with Gasteiger partial charge in [-0.2, -0.15) is 0 Å². The van der Waals surface area contributed by atoms with E-state index in [0.29, 0.717) is 11.5 Å². The van der Waals surface area contributed by atoms with E-state index in [0.717, 1.165) is 5.92 Å². The summed E-state index contributed by atoms with van der Waals surface area (Å²) in [5, 5.41) is 3.52. The first-order valence-electron chi connectivity index (χ1n) is 7.27. The fraction of sp³-hybridized carbons (Fsp3) is 0.647. The molecule has 0 radical (unpaired) electrons. The Morgan fingerprint density at radius 3 is 2.39 bits per heavy atom. The van der Waals surface area contributed by atoms with Crippen LogP contribution < -0.4 is 5.32 Å². The first-order valence-corrected chi connectivity index (χ1v) is 7.27. The fourth-order valence-electron chi connectivity index (χ4n) is 2.90. The topological polar surface area (TPSA) is 12.0 Å². The van der Waals surface area contributed by atoms with Crippen LogP contribution in [0.15, 0.2) is 24.3 Å². The minimum atomic E-state index is 0.362. The Bertz CT molecular complexity index is 385. The van der Waals surface area contributed by atoms with Gasteiger partial charge in [0.2, 0.25) is 0 Å². The lowest BCUT2D eigenvalue weighted by Gasteiger charge is -2.32. The van der Waals surface area contributed by atoms with Crippen LogP contribution in [0.3, 0.4) is 0 Å². The third-order valence-electron chi connectivity index (χ3n) is 4.08. The average Bonchev–Trinajstić information content (AvgIpc) is 2.23. The van der Waals surface area contributed by atoms with Gasteiger partial charge in [0.05, 0.1) is 0 Å². The first kappa shape index (κ1) is 13.6. The van der Waals surface area contributed by atoms with Gasteiger partial charge in [-0.3, -0.25) is 0 Å². The molecule has 2 rings (SSSR count). The highest BCUT2D eigenvalue weighted by Gasteiger charge is 2.26. The molecule has 0 saturated heterocycles. The molecule has 0 amide bonds. The standard InChI is InChI=1S/C17H27N/c1-17(2,3)12-16(18-4)15-11-6-5-10-14(15)13-8-7-9-13/h5-6,10-11,13,16,18H,7-9,12H2,1-4H3. The van der Waals surface area contributed by atoms with Crippen LogP contribution in [0.4, 0.5) is 0 Å². The van der Waals surface area contributed by atoms with Gasteiger partial charge in [0.15, 0.2) is 0 Å². The third-order valence-corrected chi connectivity index (χ3v) is 4.08. The van der Waals surface area contributed by atoms with Crippen molar-refractivity contribution in [2.75, 3.05) is 7.05 Å². The molecule has 0 heterocycles. The third kappa shape index (κ3) is 3.14. The van der Waals surface area contributed by atoms with E-state index in [1.54, 1.807) is 5.56 Å². The highest BCUT2D eigenvalue weighted by atomic mass is 14.9. The van der Waals surface area contributed by atoms with Crippen molar-refractivity contribution in [3.05, 3.63) is 35.4 Å². The second kappa shape index (κ2) is 5.44. The largest absolute Gasteiger partial charge is 0.313 e. The van der Waals surface area contributed by atoms with Crippen LogP contribution in [0, 0.1) is 5.41 Å². The molecule has 1 unspecified atom stereocenters. The molecule has 1 aliphatic carbocycles. The van der Waals surface area contributed by atoms with Gasteiger partial charge < -0.3 is 5.32 Å². The van der Waals surface area contributed by atoms with E-state index in [1.807, 2.05) is 0 Å². The van der Waals surface area contributed by atoms with Gasteiger partial charge in [-0.25, -0.2) is 0 Å². The van der Waals surface area contributed by atoms with E-state index in [1.165, 1.54) is 31.2 Å². The summed E-state index contributed by atoms with van der Waals surface area (Å²) in [7, 11) is 2.09. The second-order valence-electron chi connectivity index (χ2n) is 6.86. The summed E-state index contributed by atoms with van der Waals surface area (Å²) in [6.07, 6.45) is 5.35. The zero-order valence-corrected chi connectivity index (χ0v) is 12.3. The normalized spacial score (nSPS) is 18.4. The predicted molar refractivity (Wildman–Crippen MR) is 78.9 cm³/mol. The maximum Gasteiger partial charge on any atom is 0.0325 e. The van der Waals surface area contributed by atoms with Gasteiger partial charge in [0.25, 0.3) is 0 Å². The smallest absolute Gasteiger partial charge is 0.0325 e.